The van der Waals surface area contributed by atoms with E-state index in [1.807, 2.05) is 0 Å². The van der Waals surface area contributed by atoms with Gasteiger partial charge in [-0.05, 0) is 6.42 Å². The maximum atomic E-state index is 12.2. The van der Waals surface area contributed by atoms with Crippen LogP contribution in [-0.4, -0.2) is 23.6 Å². The average Bonchev–Trinajstić information content (AvgIpc) is 1.99. The second-order valence-corrected chi connectivity index (χ2v) is 2.21. The Balaban J connectivity index is 4.63. The number of rotatable bonds is 3. The minimum Gasteiger partial charge on any atom is -0.239 e. The molecule has 0 aromatic rings. The summed E-state index contributed by atoms with van der Waals surface area (Å²) in [6.45, 7) is 0.878. The van der Waals surface area contributed by atoms with Gasteiger partial charge in [0.15, 0.2) is 6.17 Å². The minimum atomic E-state index is -5.90. The first kappa shape index (κ1) is 12.5. The van der Waals surface area contributed by atoms with Gasteiger partial charge in [0.05, 0.1) is 0 Å². The summed E-state index contributed by atoms with van der Waals surface area (Å²) in [5, 5.41) is -2.73. The van der Waals surface area contributed by atoms with E-state index < -0.39 is 30.1 Å². The van der Waals surface area contributed by atoms with E-state index in [4.69, 9.17) is 0 Å². The van der Waals surface area contributed by atoms with Gasteiger partial charge < -0.3 is 0 Å². The van der Waals surface area contributed by atoms with Gasteiger partial charge in [-0.15, -0.1) is 4.48 Å². The SMILES string of the molecule is CCC(F)C(F)(F)N(F)C(F)(F)F. The van der Waals surface area contributed by atoms with Crippen LogP contribution in [0.4, 0.5) is 30.8 Å². The van der Waals surface area contributed by atoms with Crippen molar-refractivity contribution in [2.75, 3.05) is 0 Å². The Morgan fingerprint density at radius 3 is 1.77 bits per heavy atom. The van der Waals surface area contributed by atoms with E-state index in [0.29, 0.717) is 0 Å². The van der Waals surface area contributed by atoms with Crippen LogP contribution in [0.3, 0.4) is 0 Å². The van der Waals surface area contributed by atoms with E-state index >= 15 is 0 Å². The summed E-state index contributed by atoms with van der Waals surface area (Å²) in [5.74, 6) is 0. The molecule has 0 spiro atoms. The van der Waals surface area contributed by atoms with Gasteiger partial charge in [0, 0.05) is 5.12 Å². The van der Waals surface area contributed by atoms with Crippen LogP contribution in [-0.2, 0) is 0 Å². The molecule has 0 aliphatic carbocycles. The third-order valence-electron chi connectivity index (χ3n) is 1.22. The molecule has 0 radical (unpaired) electrons. The lowest BCUT2D eigenvalue weighted by atomic mass is 10.2. The van der Waals surface area contributed by atoms with Crippen molar-refractivity contribution < 1.29 is 30.8 Å². The molecule has 0 fully saturated rings. The van der Waals surface area contributed by atoms with Crippen LogP contribution in [0.2, 0.25) is 0 Å². The molecule has 0 N–H and O–H groups in total. The van der Waals surface area contributed by atoms with Crippen molar-refractivity contribution >= 4 is 0 Å². The van der Waals surface area contributed by atoms with Crippen LogP contribution in [0.5, 0.6) is 0 Å². The molecule has 0 aromatic carbocycles. The van der Waals surface area contributed by atoms with Crippen molar-refractivity contribution in [3.63, 3.8) is 0 Å². The molecule has 1 atom stereocenters. The average molecular weight is 213 g/mol. The summed E-state index contributed by atoms with van der Waals surface area (Å²) < 4.78 is 82.4. The summed E-state index contributed by atoms with van der Waals surface area (Å²) in [7, 11) is 0. The first-order valence-electron chi connectivity index (χ1n) is 3.18. The molecule has 0 aliphatic rings. The van der Waals surface area contributed by atoms with Crippen molar-refractivity contribution in [3.05, 3.63) is 0 Å². The molecule has 0 saturated heterocycles. The molecule has 8 heteroatoms. The largest absolute Gasteiger partial charge is 0.492 e. The van der Waals surface area contributed by atoms with E-state index in [9.17, 15) is 30.8 Å². The van der Waals surface area contributed by atoms with Gasteiger partial charge in [-0.2, -0.15) is 22.0 Å². The number of hydrogen-bond acceptors (Lipinski definition) is 1. The highest BCUT2D eigenvalue weighted by Crippen LogP contribution is 2.36. The van der Waals surface area contributed by atoms with Crippen molar-refractivity contribution in [2.24, 2.45) is 0 Å². The van der Waals surface area contributed by atoms with Crippen LogP contribution in [0.15, 0.2) is 0 Å². The van der Waals surface area contributed by atoms with E-state index in [-0.39, 0.29) is 0 Å². The highest BCUT2D eigenvalue weighted by atomic mass is 19.4. The van der Waals surface area contributed by atoms with Gasteiger partial charge in [-0.3, -0.25) is 0 Å². The molecule has 0 bridgehead atoms. The Bertz CT molecular complexity index is 165. The number of alkyl halides is 6. The third-order valence-corrected chi connectivity index (χ3v) is 1.22. The van der Waals surface area contributed by atoms with Gasteiger partial charge >= 0.3 is 12.3 Å². The molecule has 0 aliphatic heterocycles. The molecule has 0 heterocycles. The van der Waals surface area contributed by atoms with Gasteiger partial charge in [0.1, 0.15) is 0 Å². The molecular formula is C5H6F7N. The predicted octanol–water partition coefficient (Wildman–Crippen LogP) is 3.03. The first-order chi connectivity index (χ1) is 5.64. The fraction of sp³-hybridized carbons (Fsp3) is 1.00. The Kier molecular flexibility index (Phi) is 3.54. The second kappa shape index (κ2) is 3.69. The van der Waals surface area contributed by atoms with E-state index in [1.54, 1.807) is 0 Å². The highest BCUT2D eigenvalue weighted by molar-refractivity contribution is 4.73. The summed E-state index contributed by atoms with van der Waals surface area (Å²) >= 11 is 0. The first-order valence-corrected chi connectivity index (χ1v) is 3.18. The zero-order chi connectivity index (χ0) is 10.9. The number of hydrogen-bond donors (Lipinski definition) is 0. The van der Waals surface area contributed by atoms with Crippen LogP contribution in [0, 0.1) is 0 Å². The smallest absolute Gasteiger partial charge is 0.239 e. The lowest BCUT2D eigenvalue weighted by Gasteiger charge is -2.26. The van der Waals surface area contributed by atoms with Gasteiger partial charge in [-0.1, -0.05) is 6.92 Å². The summed E-state index contributed by atoms with van der Waals surface area (Å²) in [4.78, 5) is 0. The van der Waals surface area contributed by atoms with Crippen LogP contribution in [0.1, 0.15) is 13.3 Å². The fourth-order valence-electron chi connectivity index (χ4n) is 0.538. The highest BCUT2D eigenvalue weighted by Gasteiger charge is 2.58. The molecule has 1 unspecified atom stereocenters. The van der Waals surface area contributed by atoms with Gasteiger partial charge in [-0.25, -0.2) is 4.39 Å². The minimum absolute atomic E-state index is 0.878. The number of halogens is 7. The van der Waals surface area contributed by atoms with Crippen LogP contribution in [0.25, 0.3) is 0 Å². The van der Waals surface area contributed by atoms with E-state index in [2.05, 4.69) is 0 Å². The molecule has 80 valence electrons. The molecular weight excluding hydrogens is 207 g/mol. The van der Waals surface area contributed by atoms with Crippen LogP contribution >= 0.6 is 0 Å². The zero-order valence-corrected chi connectivity index (χ0v) is 6.38. The lowest BCUT2D eigenvalue weighted by molar-refractivity contribution is -0.411. The Morgan fingerprint density at radius 2 is 1.54 bits per heavy atom. The molecule has 0 saturated carbocycles. The van der Waals surface area contributed by atoms with Crippen LogP contribution < -0.4 is 0 Å². The quantitative estimate of drug-likeness (QED) is 0.395. The zero-order valence-electron chi connectivity index (χ0n) is 6.38. The number of nitrogens with zero attached hydrogens (tertiary/aromatic N) is 1. The maximum absolute atomic E-state index is 12.2. The molecule has 0 amide bonds. The monoisotopic (exact) mass is 213 g/mol. The van der Waals surface area contributed by atoms with Crippen molar-refractivity contribution in [2.45, 2.75) is 31.9 Å². The Morgan fingerprint density at radius 1 is 1.15 bits per heavy atom. The fourth-order valence-corrected chi connectivity index (χ4v) is 0.538. The van der Waals surface area contributed by atoms with Crippen molar-refractivity contribution in [1.29, 1.82) is 0 Å². The molecule has 13 heavy (non-hydrogen) atoms. The summed E-state index contributed by atoms with van der Waals surface area (Å²) in [6.07, 6.45) is -10.0. The van der Waals surface area contributed by atoms with E-state index in [1.165, 1.54) is 0 Å². The molecule has 0 aromatic heterocycles. The maximum Gasteiger partial charge on any atom is 0.492 e. The van der Waals surface area contributed by atoms with E-state index in [0.717, 1.165) is 6.92 Å². The third kappa shape index (κ3) is 2.71. The molecule has 1 nitrogen and oxygen atoms in total. The Hall–Kier alpha value is -0.530. The standard InChI is InChI=1S/C5H6F7N/c1-2-3(6)4(7,8)13(12)5(9,10)11/h3H,2H2,1H3. The second-order valence-electron chi connectivity index (χ2n) is 2.21. The van der Waals surface area contributed by atoms with Crippen molar-refractivity contribution in [3.8, 4) is 0 Å². The normalized spacial score (nSPS) is 16.4. The van der Waals surface area contributed by atoms with Crippen molar-refractivity contribution in [1.82, 2.24) is 5.12 Å². The predicted molar refractivity (Wildman–Crippen MR) is 29.1 cm³/mol. The Labute approximate surface area is 69.1 Å². The summed E-state index contributed by atoms with van der Waals surface area (Å²) in [5.41, 5.74) is 0. The molecule has 0 rings (SSSR count). The lowest BCUT2D eigenvalue weighted by Crippen LogP contribution is -2.50. The topological polar surface area (TPSA) is 3.24 Å². The summed E-state index contributed by atoms with van der Waals surface area (Å²) in [6, 6.07) is -5.17. The van der Waals surface area contributed by atoms with Gasteiger partial charge in [0.25, 0.3) is 0 Å². The van der Waals surface area contributed by atoms with Gasteiger partial charge in [0.2, 0.25) is 0 Å².